The monoisotopic (exact) mass is 493 g/mol. The van der Waals surface area contributed by atoms with E-state index in [1.807, 2.05) is 0 Å². The van der Waals surface area contributed by atoms with E-state index in [1.54, 1.807) is 38.1 Å². The second-order valence-electron chi connectivity index (χ2n) is 7.66. The van der Waals surface area contributed by atoms with Crippen LogP contribution in [0.3, 0.4) is 0 Å². The number of carbonyl (C=O) groups excluding carboxylic acids is 2. The molecule has 0 unspecified atom stereocenters. The summed E-state index contributed by atoms with van der Waals surface area (Å²) in [5, 5.41) is 3.06. The van der Waals surface area contributed by atoms with Crippen LogP contribution >= 0.6 is 11.6 Å². The molecule has 1 saturated heterocycles. The average molecular weight is 494 g/mol. The predicted octanol–water partition coefficient (Wildman–Crippen LogP) is 3.09. The Labute approximate surface area is 197 Å². The van der Waals surface area contributed by atoms with E-state index in [0.717, 1.165) is 0 Å². The lowest BCUT2D eigenvalue weighted by molar-refractivity contribution is -0.122. The predicted molar refractivity (Wildman–Crippen MR) is 123 cm³/mol. The number of anilines is 2. The van der Waals surface area contributed by atoms with E-state index in [1.165, 1.54) is 21.3 Å². The van der Waals surface area contributed by atoms with Crippen LogP contribution < -0.4 is 19.7 Å². The number of carbonyl (C=O) groups is 2. The van der Waals surface area contributed by atoms with Crippen LogP contribution in [0.15, 0.2) is 41.3 Å². The Balaban J connectivity index is 1.46. The third-order valence-electron chi connectivity index (χ3n) is 5.71. The van der Waals surface area contributed by atoms with E-state index in [2.05, 4.69) is 5.32 Å². The van der Waals surface area contributed by atoms with Gasteiger partial charge in [-0.05, 0) is 24.3 Å². The van der Waals surface area contributed by atoms with Gasteiger partial charge < -0.3 is 19.7 Å². The van der Waals surface area contributed by atoms with Crippen LogP contribution in [0, 0.1) is 5.92 Å². The molecule has 9 nitrogen and oxygen atoms in total. The molecular weight excluding hydrogens is 470 g/mol. The molecule has 1 atom stereocenters. The first-order valence-corrected chi connectivity index (χ1v) is 12.4. The van der Waals surface area contributed by atoms with E-state index >= 15 is 0 Å². The number of rotatable bonds is 7. The van der Waals surface area contributed by atoms with E-state index in [-0.39, 0.29) is 36.5 Å². The van der Waals surface area contributed by atoms with E-state index in [0.29, 0.717) is 41.0 Å². The highest BCUT2D eigenvalue weighted by Gasteiger charge is 2.36. The smallest absolute Gasteiger partial charge is 0.243 e. The molecule has 2 heterocycles. The topological polar surface area (TPSA) is 105 Å². The zero-order valence-electron chi connectivity index (χ0n) is 18.2. The van der Waals surface area contributed by atoms with Crippen LogP contribution in [0.25, 0.3) is 0 Å². The van der Waals surface area contributed by atoms with Gasteiger partial charge in [-0.2, -0.15) is 4.31 Å². The molecule has 11 heteroatoms. The van der Waals surface area contributed by atoms with Crippen LogP contribution in [0.5, 0.6) is 11.5 Å². The van der Waals surface area contributed by atoms with Crippen molar-refractivity contribution in [3.63, 3.8) is 0 Å². The van der Waals surface area contributed by atoms with Crippen LogP contribution in [0.1, 0.15) is 20.3 Å². The highest BCUT2D eigenvalue weighted by atomic mass is 35.5. The molecule has 0 aromatic heterocycles. The summed E-state index contributed by atoms with van der Waals surface area (Å²) in [6.07, 6.45) is 0.0352. The van der Waals surface area contributed by atoms with E-state index < -0.39 is 15.9 Å². The number of hydrogen-bond acceptors (Lipinski definition) is 6. The summed E-state index contributed by atoms with van der Waals surface area (Å²) in [5.41, 5.74) is 0.915. The Kier molecular flexibility index (Phi) is 6.51. The molecule has 0 radical (unpaired) electrons. The molecule has 33 heavy (non-hydrogen) atoms. The van der Waals surface area contributed by atoms with Crippen molar-refractivity contribution in [2.75, 3.05) is 36.6 Å². The SMILES string of the molecule is CCN(CC)S(=O)(=O)c1ccc(N2C[C@@H](C(=O)Nc3cc4c(cc3Cl)OCO4)CC2=O)cc1. The Bertz CT molecular complexity index is 1180. The Morgan fingerprint density at radius 3 is 2.42 bits per heavy atom. The van der Waals surface area contributed by atoms with Gasteiger partial charge in [0.1, 0.15) is 0 Å². The number of fused-ring (bicyclic) bond motifs is 1. The average Bonchev–Trinajstić information content (AvgIpc) is 3.40. The van der Waals surface area contributed by atoms with Gasteiger partial charge in [0, 0.05) is 43.9 Å². The van der Waals surface area contributed by atoms with Crippen molar-refractivity contribution in [3.8, 4) is 11.5 Å². The molecule has 4 rings (SSSR count). The van der Waals surface area contributed by atoms with E-state index in [4.69, 9.17) is 21.1 Å². The van der Waals surface area contributed by atoms with Crippen molar-refractivity contribution in [2.45, 2.75) is 25.2 Å². The molecule has 2 amide bonds. The molecular formula is C22H24ClN3O6S. The minimum absolute atomic E-state index is 0.0352. The number of amides is 2. The third-order valence-corrected chi connectivity index (χ3v) is 8.08. The fourth-order valence-corrected chi connectivity index (χ4v) is 5.55. The summed E-state index contributed by atoms with van der Waals surface area (Å²) < 4.78 is 37.3. The van der Waals surface area contributed by atoms with Crippen molar-refractivity contribution in [3.05, 3.63) is 41.4 Å². The van der Waals surface area contributed by atoms with E-state index in [9.17, 15) is 18.0 Å². The summed E-state index contributed by atoms with van der Waals surface area (Å²) in [6, 6.07) is 9.30. The number of sulfonamides is 1. The van der Waals surface area contributed by atoms with Gasteiger partial charge in [-0.25, -0.2) is 8.42 Å². The summed E-state index contributed by atoms with van der Waals surface area (Å²) in [7, 11) is -3.59. The largest absolute Gasteiger partial charge is 0.454 e. The number of hydrogen-bond donors (Lipinski definition) is 1. The molecule has 1 N–H and O–H groups in total. The standard InChI is InChI=1S/C22H24ClN3O6S/c1-3-25(4-2)33(29,30)16-7-5-15(6-8-16)26-12-14(9-21(26)27)22(28)24-18-11-20-19(10-17(18)23)31-13-32-20/h5-8,10-11,14H,3-4,9,12-13H2,1-2H3,(H,24,28)/t14-/m0/s1. The quantitative estimate of drug-likeness (QED) is 0.635. The summed E-state index contributed by atoms with van der Waals surface area (Å²) in [4.78, 5) is 27.1. The van der Waals surface area contributed by atoms with Gasteiger partial charge in [0.15, 0.2) is 11.5 Å². The van der Waals surface area contributed by atoms with Gasteiger partial charge in [0.05, 0.1) is 21.5 Å². The van der Waals surface area contributed by atoms with Crippen LogP contribution in [0.2, 0.25) is 5.02 Å². The fourth-order valence-electron chi connectivity index (χ4n) is 3.89. The normalized spacial score (nSPS) is 17.6. The van der Waals surface area contributed by atoms with Gasteiger partial charge in [-0.15, -0.1) is 0 Å². The highest BCUT2D eigenvalue weighted by Crippen LogP contribution is 2.39. The fraction of sp³-hybridized carbons (Fsp3) is 0.364. The lowest BCUT2D eigenvalue weighted by Gasteiger charge is -2.20. The second-order valence-corrected chi connectivity index (χ2v) is 10.0. The first-order chi connectivity index (χ1) is 15.7. The molecule has 2 aromatic carbocycles. The highest BCUT2D eigenvalue weighted by molar-refractivity contribution is 7.89. The lowest BCUT2D eigenvalue weighted by Crippen LogP contribution is -2.31. The van der Waals surface area contributed by atoms with Gasteiger partial charge in [-0.3, -0.25) is 9.59 Å². The minimum atomic E-state index is -3.59. The van der Waals surface area contributed by atoms with Gasteiger partial charge in [0.25, 0.3) is 0 Å². The van der Waals surface area contributed by atoms with Crippen molar-refractivity contribution < 1.29 is 27.5 Å². The van der Waals surface area contributed by atoms with Crippen molar-refractivity contribution in [2.24, 2.45) is 5.92 Å². The van der Waals surface area contributed by atoms with Crippen LogP contribution in [-0.4, -0.2) is 51.0 Å². The number of nitrogens with zero attached hydrogens (tertiary/aromatic N) is 2. The Morgan fingerprint density at radius 2 is 1.79 bits per heavy atom. The zero-order chi connectivity index (χ0) is 23.8. The Hall–Kier alpha value is -2.82. The molecule has 176 valence electrons. The molecule has 1 fully saturated rings. The number of ether oxygens (including phenoxy) is 2. The maximum atomic E-state index is 12.8. The van der Waals surface area contributed by atoms with Crippen molar-refractivity contribution >= 4 is 44.8 Å². The van der Waals surface area contributed by atoms with Crippen LogP contribution in [0.4, 0.5) is 11.4 Å². The molecule has 2 aromatic rings. The van der Waals surface area contributed by atoms with Gasteiger partial charge in [0.2, 0.25) is 28.6 Å². The molecule has 2 aliphatic rings. The Morgan fingerprint density at radius 1 is 1.15 bits per heavy atom. The molecule has 0 spiro atoms. The maximum Gasteiger partial charge on any atom is 0.243 e. The van der Waals surface area contributed by atoms with Gasteiger partial charge >= 0.3 is 0 Å². The summed E-state index contributed by atoms with van der Waals surface area (Å²) in [6.45, 7) is 4.56. The second kappa shape index (κ2) is 9.20. The molecule has 2 aliphatic heterocycles. The minimum Gasteiger partial charge on any atom is -0.454 e. The zero-order valence-corrected chi connectivity index (χ0v) is 19.8. The number of nitrogens with one attached hydrogen (secondary N) is 1. The first kappa shape index (κ1) is 23.3. The molecule has 0 saturated carbocycles. The van der Waals surface area contributed by atoms with Crippen molar-refractivity contribution in [1.29, 1.82) is 0 Å². The summed E-state index contributed by atoms with van der Waals surface area (Å²) >= 11 is 6.23. The molecule has 0 aliphatic carbocycles. The number of benzene rings is 2. The van der Waals surface area contributed by atoms with Crippen molar-refractivity contribution in [1.82, 2.24) is 4.31 Å². The first-order valence-electron chi connectivity index (χ1n) is 10.5. The maximum absolute atomic E-state index is 12.8. The third kappa shape index (κ3) is 4.50. The van der Waals surface area contributed by atoms with Crippen LogP contribution in [-0.2, 0) is 19.6 Å². The molecule has 0 bridgehead atoms. The summed E-state index contributed by atoms with van der Waals surface area (Å²) in [5.74, 6) is -0.151. The van der Waals surface area contributed by atoms with Gasteiger partial charge in [-0.1, -0.05) is 25.4 Å². The lowest BCUT2D eigenvalue weighted by atomic mass is 10.1. The number of halogens is 1.